The number of hydrogen-bond acceptors (Lipinski definition) is 3. The molecule has 0 amide bonds. The van der Waals surface area contributed by atoms with E-state index in [2.05, 4.69) is 37.6 Å². The SMILES string of the molecule is CCN(Cc1cc(=O)n2ccccc2n1)C(C)C(C)C. The van der Waals surface area contributed by atoms with Gasteiger partial charge in [0.2, 0.25) is 0 Å². The minimum Gasteiger partial charge on any atom is -0.295 e. The molecule has 4 heteroatoms. The van der Waals surface area contributed by atoms with Gasteiger partial charge < -0.3 is 0 Å². The van der Waals surface area contributed by atoms with Gasteiger partial charge in [-0.1, -0.05) is 26.8 Å². The molecule has 2 rings (SSSR count). The molecule has 20 heavy (non-hydrogen) atoms. The number of nitrogens with zero attached hydrogens (tertiary/aromatic N) is 3. The highest BCUT2D eigenvalue weighted by atomic mass is 16.1. The van der Waals surface area contributed by atoms with Crippen molar-refractivity contribution in [3.63, 3.8) is 0 Å². The van der Waals surface area contributed by atoms with E-state index in [1.807, 2.05) is 18.2 Å². The summed E-state index contributed by atoms with van der Waals surface area (Å²) in [6, 6.07) is 7.72. The molecule has 0 aliphatic heterocycles. The molecule has 0 N–H and O–H groups in total. The van der Waals surface area contributed by atoms with Crippen molar-refractivity contribution < 1.29 is 0 Å². The highest BCUT2D eigenvalue weighted by molar-refractivity contribution is 5.37. The van der Waals surface area contributed by atoms with Gasteiger partial charge in [-0.25, -0.2) is 4.98 Å². The molecule has 0 saturated heterocycles. The minimum atomic E-state index is -0.0150. The number of pyridine rings is 1. The molecule has 0 bridgehead atoms. The van der Waals surface area contributed by atoms with Gasteiger partial charge in [-0.3, -0.25) is 14.1 Å². The first-order chi connectivity index (χ1) is 9.52. The molecule has 1 unspecified atom stereocenters. The maximum atomic E-state index is 12.1. The zero-order chi connectivity index (χ0) is 14.7. The fourth-order valence-electron chi connectivity index (χ4n) is 2.36. The third-order valence-electron chi connectivity index (χ3n) is 3.94. The van der Waals surface area contributed by atoms with Crippen molar-refractivity contribution in [1.29, 1.82) is 0 Å². The van der Waals surface area contributed by atoms with Crippen molar-refractivity contribution in [2.24, 2.45) is 5.92 Å². The van der Waals surface area contributed by atoms with E-state index in [0.717, 1.165) is 18.8 Å². The second-order valence-corrected chi connectivity index (χ2v) is 5.56. The molecule has 0 aliphatic carbocycles. The molecule has 4 nitrogen and oxygen atoms in total. The molecule has 108 valence electrons. The van der Waals surface area contributed by atoms with Crippen LogP contribution in [0, 0.1) is 5.92 Å². The van der Waals surface area contributed by atoms with Gasteiger partial charge in [-0.2, -0.15) is 0 Å². The Balaban J connectivity index is 2.31. The van der Waals surface area contributed by atoms with Crippen LogP contribution in [0.2, 0.25) is 0 Å². The molecular formula is C16H23N3O. The number of rotatable bonds is 5. The van der Waals surface area contributed by atoms with Crippen LogP contribution in [0.15, 0.2) is 35.3 Å². The Morgan fingerprint density at radius 2 is 2.05 bits per heavy atom. The number of fused-ring (bicyclic) bond motifs is 1. The monoisotopic (exact) mass is 273 g/mol. The van der Waals surface area contributed by atoms with E-state index in [9.17, 15) is 4.79 Å². The summed E-state index contributed by atoms with van der Waals surface area (Å²) in [5.41, 5.74) is 1.54. The quantitative estimate of drug-likeness (QED) is 0.840. The standard InChI is InChI=1S/C16H23N3O/c1-5-18(13(4)12(2)3)11-14-10-16(20)19-9-7-6-8-15(19)17-14/h6-10,12-13H,5,11H2,1-4H3. The van der Waals surface area contributed by atoms with Crippen LogP contribution in [0.4, 0.5) is 0 Å². The van der Waals surface area contributed by atoms with Crippen molar-refractivity contribution in [3.05, 3.63) is 46.5 Å². The summed E-state index contributed by atoms with van der Waals surface area (Å²) in [6.07, 6.45) is 1.75. The van der Waals surface area contributed by atoms with Gasteiger partial charge in [0.25, 0.3) is 5.56 Å². The average molecular weight is 273 g/mol. The minimum absolute atomic E-state index is 0.0150. The van der Waals surface area contributed by atoms with Gasteiger partial charge in [-0.05, 0) is 31.5 Å². The molecule has 2 aromatic rings. The van der Waals surface area contributed by atoms with Crippen LogP contribution in [0.3, 0.4) is 0 Å². The summed E-state index contributed by atoms with van der Waals surface area (Å²) >= 11 is 0. The van der Waals surface area contributed by atoms with E-state index in [1.54, 1.807) is 16.7 Å². The van der Waals surface area contributed by atoms with Gasteiger partial charge in [0.1, 0.15) is 5.65 Å². The molecule has 0 radical (unpaired) electrons. The topological polar surface area (TPSA) is 37.6 Å². The van der Waals surface area contributed by atoms with Gasteiger partial charge in [0, 0.05) is 24.8 Å². The smallest absolute Gasteiger partial charge is 0.258 e. The second-order valence-electron chi connectivity index (χ2n) is 5.56. The summed E-state index contributed by atoms with van der Waals surface area (Å²) < 4.78 is 1.58. The summed E-state index contributed by atoms with van der Waals surface area (Å²) in [5, 5.41) is 0. The zero-order valence-electron chi connectivity index (χ0n) is 12.7. The molecular weight excluding hydrogens is 250 g/mol. The van der Waals surface area contributed by atoms with Crippen molar-refractivity contribution in [3.8, 4) is 0 Å². The van der Waals surface area contributed by atoms with Crippen LogP contribution in [-0.2, 0) is 6.54 Å². The summed E-state index contributed by atoms with van der Waals surface area (Å²) in [7, 11) is 0. The van der Waals surface area contributed by atoms with Crippen molar-refractivity contribution in [2.45, 2.75) is 40.3 Å². The lowest BCUT2D eigenvalue weighted by Gasteiger charge is -2.30. The fraction of sp³-hybridized carbons (Fsp3) is 0.500. The largest absolute Gasteiger partial charge is 0.295 e. The number of hydrogen-bond donors (Lipinski definition) is 0. The molecule has 1 atom stereocenters. The van der Waals surface area contributed by atoms with Gasteiger partial charge in [-0.15, -0.1) is 0 Å². The van der Waals surface area contributed by atoms with Crippen molar-refractivity contribution >= 4 is 5.65 Å². The predicted octanol–water partition coefficient (Wildman–Crippen LogP) is 2.56. The molecule has 0 fully saturated rings. The fourth-order valence-corrected chi connectivity index (χ4v) is 2.36. The number of aromatic nitrogens is 2. The Labute approximate surface area is 120 Å². The second kappa shape index (κ2) is 6.18. The Morgan fingerprint density at radius 1 is 1.30 bits per heavy atom. The lowest BCUT2D eigenvalue weighted by atomic mass is 10.0. The van der Waals surface area contributed by atoms with E-state index in [1.165, 1.54) is 0 Å². The first kappa shape index (κ1) is 14.7. The van der Waals surface area contributed by atoms with Gasteiger partial charge >= 0.3 is 0 Å². The summed E-state index contributed by atoms with van der Waals surface area (Å²) in [5.74, 6) is 0.580. The lowest BCUT2D eigenvalue weighted by molar-refractivity contribution is 0.167. The predicted molar refractivity (Wildman–Crippen MR) is 81.8 cm³/mol. The van der Waals surface area contributed by atoms with Crippen LogP contribution in [0.5, 0.6) is 0 Å². The Bertz CT molecular complexity index is 633. The van der Waals surface area contributed by atoms with E-state index in [4.69, 9.17) is 0 Å². The van der Waals surface area contributed by atoms with Crippen molar-refractivity contribution in [2.75, 3.05) is 6.54 Å². The van der Waals surface area contributed by atoms with Gasteiger partial charge in [0.15, 0.2) is 0 Å². The van der Waals surface area contributed by atoms with Crippen LogP contribution < -0.4 is 5.56 Å². The summed E-state index contributed by atoms with van der Waals surface area (Å²) in [6.45, 7) is 10.5. The van der Waals surface area contributed by atoms with Crippen LogP contribution >= 0.6 is 0 Å². The van der Waals surface area contributed by atoms with E-state index in [0.29, 0.717) is 17.6 Å². The third-order valence-corrected chi connectivity index (χ3v) is 3.94. The maximum absolute atomic E-state index is 12.1. The average Bonchev–Trinajstić information content (AvgIpc) is 2.44. The lowest BCUT2D eigenvalue weighted by Crippen LogP contribution is -2.36. The van der Waals surface area contributed by atoms with Gasteiger partial charge in [0.05, 0.1) is 5.69 Å². The molecule has 0 spiro atoms. The molecule has 0 aromatic carbocycles. The first-order valence-corrected chi connectivity index (χ1v) is 7.24. The highest BCUT2D eigenvalue weighted by Gasteiger charge is 2.16. The maximum Gasteiger partial charge on any atom is 0.258 e. The molecule has 0 saturated carbocycles. The first-order valence-electron chi connectivity index (χ1n) is 7.24. The van der Waals surface area contributed by atoms with Crippen LogP contribution in [-0.4, -0.2) is 26.9 Å². The van der Waals surface area contributed by atoms with Crippen LogP contribution in [0.1, 0.15) is 33.4 Å². The molecule has 2 aromatic heterocycles. The Kier molecular flexibility index (Phi) is 4.55. The normalized spacial score (nSPS) is 13.3. The third kappa shape index (κ3) is 3.07. The highest BCUT2D eigenvalue weighted by Crippen LogP contribution is 2.13. The van der Waals surface area contributed by atoms with E-state index >= 15 is 0 Å². The Morgan fingerprint density at radius 3 is 2.70 bits per heavy atom. The zero-order valence-corrected chi connectivity index (χ0v) is 12.7. The summed E-state index contributed by atoms with van der Waals surface area (Å²) in [4.78, 5) is 19.0. The van der Waals surface area contributed by atoms with E-state index in [-0.39, 0.29) is 5.56 Å². The van der Waals surface area contributed by atoms with Crippen LogP contribution in [0.25, 0.3) is 5.65 Å². The Hall–Kier alpha value is -1.68. The molecule has 0 aliphatic rings. The van der Waals surface area contributed by atoms with E-state index < -0.39 is 0 Å². The molecule has 2 heterocycles. The van der Waals surface area contributed by atoms with Crippen molar-refractivity contribution in [1.82, 2.24) is 14.3 Å².